The molecular formula is C16H19FN2O2. The first kappa shape index (κ1) is 15.2. The molecule has 4 nitrogen and oxygen atoms in total. The first-order valence-corrected chi connectivity index (χ1v) is 7.14. The third-order valence-corrected chi connectivity index (χ3v) is 3.37. The number of hydrogen-bond acceptors (Lipinski definition) is 2. The minimum absolute atomic E-state index is 0.0851. The second-order valence-corrected chi connectivity index (χ2v) is 5.02. The Labute approximate surface area is 123 Å². The van der Waals surface area contributed by atoms with Crippen LogP contribution in [0.25, 0.3) is 6.08 Å². The summed E-state index contributed by atoms with van der Waals surface area (Å²) in [6.07, 6.45) is 5.33. The number of nitrogens with one attached hydrogen (secondary N) is 1. The SMILES string of the molecule is O=C(/C=C/c1cccc(F)c1)NCCC(=O)N1CCCC1. The van der Waals surface area contributed by atoms with Crippen LogP contribution in [0.5, 0.6) is 0 Å². The van der Waals surface area contributed by atoms with E-state index in [2.05, 4.69) is 5.32 Å². The van der Waals surface area contributed by atoms with E-state index in [-0.39, 0.29) is 17.6 Å². The summed E-state index contributed by atoms with van der Waals surface area (Å²) in [4.78, 5) is 25.2. The van der Waals surface area contributed by atoms with Crippen molar-refractivity contribution in [3.05, 3.63) is 41.7 Å². The highest BCUT2D eigenvalue weighted by Crippen LogP contribution is 2.08. The molecule has 0 unspecified atom stereocenters. The molecule has 1 heterocycles. The third-order valence-electron chi connectivity index (χ3n) is 3.37. The lowest BCUT2D eigenvalue weighted by molar-refractivity contribution is -0.130. The average molecular weight is 290 g/mol. The van der Waals surface area contributed by atoms with Crippen molar-refractivity contribution in [1.82, 2.24) is 10.2 Å². The van der Waals surface area contributed by atoms with Gasteiger partial charge in [-0.15, -0.1) is 0 Å². The molecule has 1 fully saturated rings. The summed E-state index contributed by atoms with van der Waals surface area (Å²) >= 11 is 0. The molecule has 0 aromatic heterocycles. The van der Waals surface area contributed by atoms with Gasteiger partial charge in [0.1, 0.15) is 5.82 Å². The molecule has 0 bridgehead atoms. The van der Waals surface area contributed by atoms with Gasteiger partial charge in [0.25, 0.3) is 0 Å². The van der Waals surface area contributed by atoms with Gasteiger partial charge in [-0.25, -0.2) is 4.39 Å². The highest BCUT2D eigenvalue weighted by atomic mass is 19.1. The van der Waals surface area contributed by atoms with Crippen molar-refractivity contribution in [3.63, 3.8) is 0 Å². The summed E-state index contributed by atoms with van der Waals surface area (Å²) in [7, 11) is 0. The van der Waals surface area contributed by atoms with Crippen molar-refractivity contribution in [2.45, 2.75) is 19.3 Å². The Balaban J connectivity index is 1.71. The lowest BCUT2D eigenvalue weighted by Crippen LogP contribution is -2.32. The van der Waals surface area contributed by atoms with Crippen LogP contribution in [0.1, 0.15) is 24.8 Å². The van der Waals surface area contributed by atoms with E-state index in [9.17, 15) is 14.0 Å². The molecule has 1 saturated heterocycles. The summed E-state index contributed by atoms with van der Waals surface area (Å²) in [6.45, 7) is 1.97. The highest BCUT2D eigenvalue weighted by molar-refractivity contribution is 5.92. The lowest BCUT2D eigenvalue weighted by atomic mass is 10.2. The molecule has 0 radical (unpaired) electrons. The van der Waals surface area contributed by atoms with Crippen LogP contribution < -0.4 is 5.32 Å². The quantitative estimate of drug-likeness (QED) is 0.843. The van der Waals surface area contributed by atoms with Crippen LogP contribution in [0.3, 0.4) is 0 Å². The summed E-state index contributed by atoms with van der Waals surface area (Å²) in [5.41, 5.74) is 0.623. The average Bonchev–Trinajstić information content (AvgIpc) is 2.99. The van der Waals surface area contributed by atoms with E-state index in [1.165, 1.54) is 18.2 Å². The van der Waals surface area contributed by atoms with Gasteiger partial charge in [-0.3, -0.25) is 9.59 Å². The minimum atomic E-state index is -0.339. The molecule has 1 aliphatic rings. The first-order valence-electron chi connectivity index (χ1n) is 7.14. The zero-order valence-electron chi connectivity index (χ0n) is 11.8. The molecule has 5 heteroatoms. The van der Waals surface area contributed by atoms with Gasteiger partial charge in [0.05, 0.1) is 0 Å². The standard InChI is InChI=1S/C16H19FN2O2/c17-14-5-3-4-13(12-14)6-7-15(20)18-9-8-16(21)19-10-1-2-11-19/h3-7,12H,1-2,8-11H2,(H,18,20)/b7-6+. The fourth-order valence-corrected chi connectivity index (χ4v) is 2.26. The van der Waals surface area contributed by atoms with Crippen LogP contribution in [0.4, 0.5) is 4.39 Å². The van der Waals surface area contributed by atoms with Gasteiger partial charge in [-0.05, 0) is 36.6 Å². The van der Waals surface area contributed by atoms with Crippen molar-refractivity contribution in [2.75, 3.05) is 19.6 Å². The summed E-state index contributed by atoms with van der Waals surface area (Å²) in [6, 6.07) is 5.99. The number of hydrogen-bond donors (Lipinski definition) is 1. The second-order valence-electron chi connectivity index (χ2n) is 5.02. The predicted octanol–water partition coefficient (Wildman–Crippen LogP) is 1.97. The van der Waals surface area contributed by atoms with Gasteiger partial charge in [-0.2, -0.15) is 0 Å². The van der Waals surface area contributed by atoms with E-state index in [1.807, 2.05) is 4.90 Å². The number of carbonyl (C=O) groups is 2. The number of carbonyl (C=O) groups excluding carboxylic acids is 2. The van der Waals surface area contributed by atoms with Crippen LogP contribution >= 0.6 is 0 Å². The Hall–Kier alpha value is -2.17. The summed E-state index contributed by atoms with van der Waals surface area (Å²) in [5, 5.41) is 2.65. The fraction of sp³-hybridized carbons (Fsp3) is 0.375. The number of likely N-dealkylation sites (tertiary alicyclic amines) is 1. The van der Waals surface area contributed by atoms with Crippen molar-refractivity contribution < 1.29 is 14.0 Å². The van der Waals surface area contributed by atoms with Crippen molar-refractivity contribution in [2.24, 2.45) is 0 Å². The fourth-order valence-electron chi connectivity index (χ4n) is 2.26. The molecule has 1 aliphatic heterocycles. The minimum Gasteiger partial charge on any atom is -0.352 e. The van der Waals surface area contributed by atoms with Gasteiger partial charge < -0.3 is 10.2 Å². The Kier molecular flexibility index (Phi) is 5.49. The molecule has 21 heavy (non-hydrogen) atoms. The van der Waals surface area contributed by atoms with Gasteiger partial charge >= 0.3 is 0 Å². The van der Waals surface area contributed by atoms with Gasteiger partial charge in [-0.1, -0.05) is 12.1 Å². The van der Waals surface area contributed by atoms with Gasteiger partial charge in [0, 0.05) is 32.1 Å². The van der Waals surface area contributed by atoms with E-state index in [0.29, 0.717) is 18.5 Å². The van der Waals surface area contributed by atoms with E-state index >= 15 is 0 Å². The topological polar surface area (TPSA) is 49.4 Å². The lowest BCUT2D eigenvalue weighted by Gasteiger charge is -2.14. The molecule has 0 aliphatic carbocycles. The van der Waals surface area contributed by atoms with Crippen LogP contribution in [0, 0.1) is 5.82 Å². The zero-order valence-corrected chi connectivity index (χ0v) is 11.8. The number of nitrogens with zero attached hydrogens (tertiary/aromatic N) is 1. The Morgan fingerprint density at radius 1 is 1.29 bits per heavy atom. The van der Waals surface area contributed by atoms with Crippen LogP contribution in [-0.4, -0.2) is 36.3 Å². The molecule has 2 rings (SSSR count). The van der Waals surface area contributed by atoms with Crippen molar-refractivity contribution in [1.29, 1.82) is 0 Å². The number of rotatable bonds is 5. The Morgan fingerprint density at radius 2 is 2.05 bits per heavy atom. The monoisotopic (exact) mass is 290 g/mol. The Bertz CT molecular complexity index is 537. The number of amides is 2. The van der Waals surface area contributed by atoms with Crippen molar-refractivity contribution in [3.8, 4) is 0 Å². The molecular weight excluding hydrogens is 271 g/mol. The second kappa shape index (κ2) is 7.57. The normalized spacial score (nSPS) is 14.6. The largest absolute Gasteiger partial charge is 0.352 e. The molecule has 1 N–H and O–H groups in total. The molecule has 1 aromatic rings. The van der Waals surface area contributed by atoms with Crippen LogP contribution in [0.2, 0.25) is 0 Å². The van der Waals surface area contributed by atoms with E-state index in [0.717, 1.165) is 25.9 Å². The van der Waals surface area contributed by atoms with E-state index < -0.39 is 0 Å². The molecule has 0 atom stereocenters. The van der Waals surface area contributed by atoms with Crippen LogP contribution in [-0.2, 0) is 9.59 Å². The molecule has 112 valence electrons. The van der Waals surface area contributed by atoms with Gasteiger partial charge in [0.15, 0.2) is 0 Å². The smallest absolute Gasteiger partial charge is 0.244 e. The van der Waals surface area contributed by atoms with Gasteiger partial charge in [0.2, 0.25) is 11.8 Å². The third kappa shape index (κ3) is 5.02. The van der Waals surface area contributed by atoms with Crippen LogP contribution in [0.15, 0.2) is 30.3 Å². The zero-order chi connectivity index (χ0) is 15.1. The molecule has 2 amide bonds. The summed E-state index contributed by atoms with van der Waals surface area (Å²) in [5.74, 6) is -0.538. The molecule has 0 saturated carbocycles. The maximum atomic E-state index is 13.0. The molecule has 1 aromatic carbocycles. The summed E-state index contributed by atoms with van der Waals surface area (Å²) < 4.78 is 13.0. The Morgan fingerprint density at radius 3 is 2.76 bits per heavy atom. The molecule has 0 spiro atoms. The number of halogens is 1. The maximum absolute atomic E-state index is 13.0. The highest BCUT2D eigenvalue weighted by Gasteiger charge is 2.17. The number of benzene rings is 1. The first-order chi connectivity index (χ1) is 10.1. The predicted molar refractivity (Wildman–Crippen MR) is 78.9 cm³/mol. The maximum Gasteiger partial charge on any atom is 0.244 e. The van der Waals surface area contributed by atoms with Crippen molar-refractivity contribution >= 4 is 17.9 Å². The van der Waals surface area contributed by atoms with E-state index in [1.54, 1.807) is 18.2 Å². The van der Waals surface area contributed by atoms with E-state index in [4.69, 9.17) is 0 Å².